The van der Waals surface area contributed by atoms with Gasteiger partial charge in [-0.2, -0.15) is 0 Å². The van der Waals surface area contributed by atoms with Crippen LogP contribution in [0, 0.1) is 6.92 Å². The van der Waals surface area contributed by atoms with Crippen LogP contribution in [-0.4, -0.2) is 5.11 Å². The zero-order chi connectivity index (χ0) is 9.64. The third kappa shape index (κ3) is 1.63. The molecule has 1 saturated carbocycles. The normalized spacial score (nSPS) is 18.8. The van der Waals surface area contributed by atoms with E-state index in [0.29, 0.717) is 0 Å². The summed E-state index contributed by atoms with van der Waals surface area (Å²) in [6.45, 7) is 1.95. The van der Waals surface area contributed by atoms with Crippen molar-refractivity contribution in [3.63, 3.8) is 0 Å². The fraction of sp³-hybridized carbons (Fsp3) is 0.400. The van der Waals surface area contributed by atoms with Gasteiger partial charge in [-0.1, -0.05) is 27.5 Å². The van der Waals surface area contributed by atoms with Crippen LogP contribution in [0.2, 0.25) is 5.02 Å². The summed E-state index contributed by atoms with van der Waals surface area (Å²) in [5, 5.41) is 10.6. The fourth-order valence-corrected chi connectivity index (χ4v) is 2.38. The lowest BCUT2D eigenvalue weighted by molar-refractivity contribution is 0.150. The smallest absolute Gasteiger partial charge is 0.0910 e. The fourth-order valence-electron chi connectivity index (χ4n) is 1.39. The number of halogens is 2. The van der Waals surface area contributed by atoms with E-state index in [1.165, 1.54) is 0 Å². The molecular formula is C10H10BrClO. The van der Waals surface area contributed by atoms with Gasteiger partial charge >= 0.3 is 0 Å². The van der Waals surface area contributed by atoms with Crippen LogP contribution in [0.15, 0.2) is 16.6 Å². The maximum Gasteiger partial charge on any atom is 0.0910 e. The van der Waals surface area contributed by atoms with Crippen LogP contribution < -0.4 is 0 Å². The molecule has 1 N–H and O–H groups in total. The molecule has 1 nitrogen and oxygen atoms in total. The second-order valence-electron chi connectivity index (χ2n) is 3.61. The van der Waals surface area contributed by atoms with E-state index in [4.69, 9.17) is 11.6 Å². The van der Waals surface area contributed by atoms with E-state index in [0.717, 1.165) is 33.5 Å². The molecule has 70 valence electrons. The Kier molecular flexibility index (Phi) is 2.17. The van der Waals surface area contributed by atoms with Crippen molar-refractivity contribution in [2.45, 2.75) is 25.4 Å². The first-order valence-electron chi connectivity index (χ1n) is 4.21. The summed E-state index contributed by atoms with van der Waals surface area (Å²) in [4.78, 5) is 0. The van der Waals surface area contributed by atoms with E-state index in [-0.39, 0.29) is 0 Å². The SMILES string of the molecule is Cc1cc(Br)c(C2(O)CC2)cc1Cl. The molecule has 0 bridgehead atoms. The summed E-state index contributed by atoms with van der Waals surface area (Å²) in [5.41, 5.74) is 1.33. The van der Waals surface area contributed by atoms with Gasteiger partial charge in [0.25, 0.3) is 0 Å². The van der Waals surface area contributed by atoms with E-state index < -0.39 is 5.60 Å². The van der Waals surface area contributed by atoms with Crippen LogP contribution in [0.3, 0.4) is 0 Å². The monoisotopic (exact) mass is 260 g/mol. The predicted molar refractivity (Wildman–Crippen MR) is 57.0 cm³/mol. The maximum atomic E-state index is 9.91. The third-order valence-electron chi connectivity index (χ3n) is 2.47. The minimum absolute atomic E-state index is 0.615. The predicted octanol–water partition coefficient (Wildman–Crippen LogP) is 3.39. The molecule has 0 atom stereocenters. The lowest BCUT2D eigenvalue weighted by Gasteiger charge is -2.12. The molecule has 0 saturated heterocycles. The Bertz CT molecular complexity index is 358. The second kappa shape index (κ2) is 2.97. The topological polar surface area (TPSA) is 20.2 Å². The van der Waals surface area contributed by atoms with Crippen molar-refractivity contribution in [1.82, 2.24) is 0 Å². The highest BCUT2D eigenvalue weighted by Gasteiger charge is 2.43. The van der Waals surface area contributed by atoms with Gasteiger partial charge in [-0.05, 0) is 43.0 Å². The average Bonchev–Trinajstić information content (AvgIpc) is 2.77. The van der Waals surface area contributed by atoms with Gasteiger partial charge < -0.3 is 5.11 Å². The molecule has 3 heteroatoms. The lowest BCUT2D eigenvalue weighted by Crippen LogP contribution is -2.05. The molecule has 0 heterocycles. The van der Waals surface area contributed by atoms with Crippen LogP contribution in [0.5, 0.6) is 0 Å². The molecule has 1 aliphatic rings. The highest BCUT2D eigenvalue weighted by atomic mass is 79.9. The van der Waals surface area contributed by atoms with Gasteiger partial charge in [-0.3, -0.25) is 0 Å². The first-order chi connectivity index (χ1) is 6.03. The Hall–Kier alpha value is -0.0500. The number of rotatable bonds is 1. The van der Waals surface area contributed by atoms with Crippen molar-refractivity contribution < 1.29 is 5.11 Å². The van der Waals surface area contributed by atoms with E-state index in [2.05, 4.69) is 15.9 Å². The summed E-state index contributed by atoms with van der Waals surface area (Å²) in [6, 6.07) is 3.81. The van der Waals surface area contributed by atoms with Crippen molar-refractivity contribution in [1.29, 1.82) is 0 Å². The van der Waals surface area contributed by atoms with Gasteiger partial charge in [0.15, 0.2) is 0 Å². The van der Waals surface area contributed by atoms with Crippen molar-refractivity contribution in [2.75, 3.05) is 0 Å². The molecule has 1 aromatic rings. The molecule has 0 unspecified atom stereocenters. The lowest BCUT2D eigenvalue weighted by atomic mass is 10.1. The molecule has 1 aliphatic carbocycles. The van der Waals surface area contributed by atoms with Crippen LogP contribution >= 0.6 is 27.5 Å². The van der Waals surface area contributed by atoms with Gasteiger partial charge in [0.1, 0.15) is 0 Å². The Balaban J connectivity index is 2.52. The zero-order valence-corrected chi connectivity index (χ0v) is 9.61. The summed E-state index contributed by atoms with van der Waals surface area (Å²) < 4.78 is 0.953. The van der Waals surface area contributed by atoms with Gasteiger partial charge in [0.05, 0.1) is 5.60 Å². The van der Waals surface area contributed by atoms with Crippen molar-refractivity contribution in [2.24, 2.45) is 0 Å². The summed E-state index contributed by atoms with van der Waals surface area (Å²) >= 11 is 9.43. The highest BCUT2D eigenvalue weighted by molar-refractivity contribution is 9.10. The number of aryl methyl sites for hydroxylation is 1. The van der Waals surface area contributed by atoms with Gasteiger partial charge in [-0.25, -0.2) is 0 Å². The van der Waals surface area contributed by atoms with E-state index in [1.807, 2.05) is 19.1 Å². The van der Waals surface area contributed by atoms with Crippen LogP contribution in [0.25, 0.3) is 0 Å². The largest absolute Gasteiger partial charge is 0.385 e. The van der Waals surface area contributed by atoms with Gasteiger partial charge in [0.2, 0.25) is 0 Å². The van der Waals surface area contributed by atoms with Crippen LogP contribution in [0.4, 0.5) is 0 Å². The molecule has 0 amide bonds. The minimum atomic E-state index is -0.615. The molecule has 0 aromatic heterocycles. The molecule has 2 rings (SSSR count). The number of hydrogen-bond acceptors (Lipinski definition) is 1. The molecule has 0 aliphatic heterocycles. The number of benzene rings is 1. The second-order valence-corrected chi connectivity index (χ2v) is 4.87. The standard InChI is InChI=1S/C10H10BrClO/c1-6-4-8(11)7(5-9(6)12)10(13)2-3-10/h4-5,13H,2-3H2,1H3. The minimum Gasteiger partial charge on any atom is -0.385 e. The summed E-state index contributed by atoms with van der Waals surface area (Å²) in [6.07, 6.45) is 1.68. The average molecular weight is 262 g/mol. The maximum absolute atomic E-state index is 9.91. The number of hydrogen-bond donors (Lipinski definition) is 1. The quantitative estimate of drug-likeness (QED) is 0.821. The Morgan fingerprint density at radius 1 is 1.46 bits per heavy atom. The molecule has 0 radical (unpaired) electrons. The van der Waals surface area contributed by atoms with E-state index in [9.17, 15) is 5.11 Å². The molecule has 13 heavy (non-hydrogen) atoms. The van der Waals surface area contributed by atoms with Crippen LogP contribution in [0.1, 0.15) is 24.0 Å². The Labute approximate surface area is 90.9 Å². The first kappa shape index (κ1) is 9.50. The van der Waals surface area contributed by atoms with Crippen molar-refractivity contribution in [3.05, 3.63) is 32.8 Å². The van der Waals surface area contributed by atoms with Crippen molar-refractivity contribution in [3.8, 4) is 0 Å². The number of aliphatic hydroxyl groups is 1. The molecular weight excluding hydrogens is 251 g/mol. The van der Waals surface area contributed by atoms with Crippen molar-refractivity contribution >= 4 is 27.5 Å². The van der Waals surface area contributed by atoms with Gasteiger partial charge in [0, 0.05) is 9.50 Å². The third-order valence-corrected chi connectivity index (χ3v) is 3.54. The Morgan fingerprint density at radius 3 is 2.62 bits per heavy atom. The summed E-state index contributed by atoms with van der Waals surface area (Å²) in [7, 11) is 0. The van der Waals surface area contributed by atoms with E-state index >= 15 is 0 Å². The molecule has 1 fully saturated rings. The molecule has 0 spiro atoms. The zero-order valence-electron chi connectivity index (χ0n) is 7.27. The highest BCUT2D eigenvalue weighted by Crippen LogP contribution is 2.48. The van der Waals surface area contributed by atoms with Gasteiger partial charge in [-0.15, -0.1) is 0 Å². The first-order valence-corrected chi connectivity index (χ1v) is 5.38. The Morgan fingerprint density at radius 2 is 2.08 bits per heavy atom. The summed E-state index contributed by atoms with van der Waals surface area (Å²) in [5.74, 6) is 0. The molecule has 1 aromatic carbocycles. The van der Waals surface area contributed by atoms with E-state index in [1.54, 1.807) is 0 Å². The van der Waals surface area contributed by atoms with Crippen LogP contribution in [-0.2, 0) is 5.60 Å².